The molecule has 2 unspecified atom stereocenters. The lowest BCUT2D eigenvalue weighted by Crippen LogP contribution is -2.41. The van der Waals surface area contributed by atoms with Crippen molar-refractivity contribution in [3.05, 3.63) is 0 Å². The normalized spacial score (nSPS) is 33.1. The van der Waals surface area contributed by atoms with Gasteiger partial charge in [-0.2, -0.15) is 0 Å². The minimum atomic E-state index is 0.149. The van der Waals surface area contributed by atoms with Gasteiger partial charge in [0.05, 0.1) is 12.1 Å². The molecule has 1 saturated carbocycles. The zero-order valence-corrected chi connectivity index (χ0v) is 12.1. The summed E-state index contributed by atoms with van der Waals surface area (Å²) in [5, 5.41) is 3.11. The van der Waals surface area contributed by atoms with Crippen molar-refractivity contribution in [2.45, 2.75) is 64.0 Å². The van der Waals surface area contributed by atoms with E-state index in [4.69, 9.17) is 10.5 Å². The van der Waals surface area contributed by atoms with Gasteiger partial charge in [-0.05, 0) is 63.8 Å². The smallest absolute Gasteiger partial charge is 0.220 e. The summed E-state index contributed by atoms with van der Waals surface area (Å²) in [4.78, 5) is 12.0. The second-order valence-electron chi connectivity index (χ2n) is 6.23. The van der Waals surface area contributed by atoms with E-state index in [-0.39, 0.29) is 18.1 Å². The topological polar surface area (TPSA) is 64.4 Å². The molecule has 0 bridgehead atoms. The molecule has 1 aliphatic carbocycles. The van der Waals surface area contributed by atoms with Crippen LogP contribution in [0.3, 0.4) is 0 Å². The molecule has 0 spiro atoms. The summed E-state index contributed by atoms with van der Waals surface area (Å²) >= 11 is 0. The van der Waals surface area contributed by atoms with Crippen LogP contribution in [0.4, 0.5) is 0 Å². The molecule has 3 N–H and O–H groups in total. The highest BCUT2D eigenvalue weighted by atomic mass is 16.5. The van der Waals surface area contributed by atoms with Crippen molar-refractivity contribution in [2.75, 3.05) is 13.2 Å². The maximum atomic E-state index is 12.0. The van der Waals surface area contributed by atoms with E-state index in [0.717, 1.165) is 38.8 Å². The lowest BCUT2D eigenvalue weighted by molar-refractivity contribution is -0.123. The second-order valence-corrected chi connectivity index (χ2v) is 6.23. The van der Waals surface area contributed by atoms with Crippen molar-refractivity contribution in [2.24, 2.45) is 17.6 Å². The Morgan fingerprint density at radius 2 is 1.95 bits per heavy atom. The lowest BCUT2D eigenvalue weighted by Gasteiger charge is -2.28. The predicted molar refractivity (Wildman–Crippen MR) is 75.7 cm³/mol. The first-order chi connectivity index (χ1) is 9.19. The SMILES string of the molecule is CC(NC(=O)CC1CCC(CN)CC1)C1CCCO1. The Balaban J connectivity index is 1.66. The molecule has 2 rings (SSSR count). The molecule has 0 aromatic heterocycles. The van der Waals surface area contributed by atoms with Gasteiger partial charge in [0, 0.05) is 13.0 Å². The van der Waals surface area contributed by atoms with Crippen molar-refractivity contribution in [1.82, 2.24) is 5.32 Å². The number of hydrogen-bond acceptors (Lipinski definition) is 3. The van der Waals surface area contributed by atoms with Gasteiger partial charge in [-0.1, -0.05) is 0 Å². The Labute approximate surface area is 116 Å². The quantitative estimate of drug-likeness (QED) is 0.799. The van der Waals surface area contributed by atoms with Crippen LogP contribution in [0, 0.1) is 11.8 Å². The van der Waals surface area contributed by atoms with Crippen LogP contribution < -0.4 is 11.1 Å². The summed E-state index contributed by atoms with van der Waals surface area (Å²) in [7, 11) is 0. The third-order valence-corrected chi connectivity index (χ3v) is 4.68. The third kappa shape index (κ3) is 4.46. The first-order valence-corrected chi connectivity index (χ1v) is 7.80. The molecule has 1 amide bonds. The highest BCUT2D eigenvalue weighted by Crippen LogP contribution is 2.30. The number of carbonyl (C=O) groups is 1. The molecule has 1 heterocycles. The highest BCUT2D eigenvalue weighted by molar-refractivity contribution is 5.76. The summed E-state index contributed by atoms with van der Waals surface area (Å²) < 4.78 is 5.61. The fourth-order valence-corrected chi connectivity index (χ4v) is 3.34. The summed E-state index contributed by atoms with van der Waals surface area (Å²) in [5.74, 6) is 1.43. The summed E-state index contributed by atoms with van der Waals surface area (Å²) in [5.41, 5.74) is 5.69. The van der Waals surface area contributed by atoms with Crippen molar-refractivity contribution in [3.63, 3.8) is 0 Å². The first-order valence-electron chi connectivity index (χ1n) is 7.80. The second kappa shape index (κ2) is 7.25. The molecular weight excluding hydrogens is 240 g/mol. The maximum Gasteiger partial charge on any atom is 0.220 e. The van der Waals surface area contributed by atoms with Gasteiger partial charge in [-0.3, -0.25) is 4.79 Å². The molecule has 0 aromatic carbocycles. The fourth-order valence-electron chi connectivity index (χ4n) is 3.34. The van der Waals surface area contributed by atoms with Crippen molar-refractivity contribution >= 4 is 5.91 Å². The van der Waals surface area contributed by atoms with Gasteiger partial charge in [-0.15, -0.1) is 0 Å². The van der Waals surface area contributed by atoms with Gasteiger partial charge in [-0.25, -0.2) is 0 Å². The van der Waals surface area contributed by atoms with Gasteiger partial charge in [0.25, 0.3) is 0 Å². The molecule has 0 radical (unpaired) electrons. The van der Waals surface area contributed by atoms with E-state index in [0.29, 0.717) is 18.3 Å². The van der Waals surface area contributed by atoms with Crippen LogP contribution in [0.25, 0.3) is 0 Å². The van der Waals surface area contributed by atoms with Crippen molar-refractivity contribution in [3.8, 4) is 0 Å². The minimum absolute atomic E-state index is 0.149. The van der Waals surface area contributed by atoms with Crippen molar-refractivity contribution < 1.29 is 9.53 Å². The van der Waals surface area contributed by atoms with Crippen LogP contribution >= 0.6 is 0 Å². The zero-order chi connectivity index (χ0) is 13.7. The number of rotatable bonds is 5. The molecule has 2 fully saturated rings. The first kappa shape index (κ1) is 14.8. The average Bonchev–Trinajstić information content (AvgIpc) is 2.93. The minimum Gasteiger partial charge on any atom is -0.376 e. The number of nitrogens with two attached hydrogens (primary N) is 1. The Kier molecular flexibility index (Phi) is 5.64. The van der Waals surface area contributed by atoms with Gasteiger partial charge < -0.3 is 15.8 Å². The molecule has 1 saturated heterocycles. The number of hydrogen-bond donors (Lipinski definition) is 2. The molecule has 110 valence electrons. The van der Waals surface area contributed by atoms with E-state index in [1.165, 1.54) is 12.8 Å². The van der Waals surface area contributed by atoms with Crippen LogP contribution in [0.5, 0.6) is 0 Å². The molecule has 2 aliphatic rings. The van der Waals surface area contributed by atoms with E-state index in [1.807, 2.05) is 0 Å². The zero-order valence-electron chi connectivity index (χ0n) is 12.1. The van der Waals surface area contributed by atoms with Gasteiger partial charge >= 0.3 is 0 Å². The summed E-state index contributed by atoms with van der Waals surface area (Å²) in [6.45, 7) is 3.70. The third-order valence-electron chi connectivity index (χ3n) is 4.68. The number of ether oxygens (including phenoxy) is 1. The van der Waals surface area contributed by atoms with Crippen LogP contribution in [0.1, 0.15) is 51.9 Å². The van der Waals surface area contributed by atoms with E-state index in [2.05, 4.69) is 12.2 Å². The number of carbonyl (C=O) groups excluding carboxylic acids is 1. The molecule has 19 heavy (non-hydrogen) atoms. The summed E-state index contributed by atoms with van der Waals surface area (Å²) in [6, 6.07) is 0.149. The average molecular weight is 268 g/mol. The molecule has 4 nitrogen and oxygen atoms in total. The lowest BCUT2D eigenvalue weighted by atomic mass is 9.80. The van der Waals surface area contributed by atoms with E-state index >= 15 is 0 Å². The van der Waals surface area contributed by atoms with Gasteiger partial charge in [0.15, 0.2) is 0 Å². The van der Waals surface area contributed by atoms with E-state index in [1.54, 1.807) is 0 Å². The Hall–Kier alpha value is -0.610. The highest BCUT2D eigenvalue weighted by Gasteiger charge is 2.26. The van der Waals surface area contributed by atoms with E-state index < -0.39 is 0 Å². The molecule has 0 aromatic rings. The number of amides is 1. The standard InChI is InChI=1S/C15H28N2O2/c1-11(14-3-2-8-19-14)17-15(18)9-12-4-6-13(10-16)7-5-12/h11-14H,2-10,16H2,1H3,(H,17,18). The van der Waals surface area contributed by atoms with Crippen LogP contribution in [-0.2, 0) is 9.53 Å². The van der Waals surface area contributed by atoms with Crippen molar-refractivity contribution in [1.29, 1.82) is 0 Å². The fraction of sp³-hybridized carbons (Fsp3) is 0.933. The maximum absolute atomic E-state index is 12.0. The van der Waals surface area contributed by atoms with Crippen LogP contribution in [0.2, 0.25) is 0 Å². The largest absolute Gasteiger partial charge is 0.376 e. The molecule has 4 heteroatoms. The van der Waals surface area contributed by atoms with E-state index in [9.17, 15) is 4.79 Å². The Morgan fingerprint density at radius 3 is 2.53 bits per heavy atom. The molecule has 2 atom stereocenters. The van der Waals surface area contributed by atoms with Gasteiger partial charge in [0.1, 0.15) is 0 Å². The molecule has 1 aliphatic heterocycles. The molecular formula is C15H28N2O2. The Morgan fingerprint density at radius 1 is 1.26 bits per heavy atom. The van der Waals surface area contributed by atoms with Gasteiger partial charge in [0.2, 0.25) is 5.91 Å². The Bertz CT molecular complexity index is 282. The predicted octanol–water partition coefficient (Wildman–Crippen LogP) is 1.83. The van der Waals surface area contributed by atoms with Crippen LogP contribution in [-0.4, -0.2) is 31.2 Å². The monoisotopic (exact) mass is 268 g/mol. The number of nitrogens with one attached hydrogen (secondary N) is 1. The van der Waals surface area contributed by atoms with Crippen LogP contribution in [0.15, 0.2) is 0 Å². The summed E-state index contributed by atoms with van der Waals surface area (Å²) in [6.07, 6.45) is 7.78.